The third kappa shape index (κ3) is 6.13. The smallest absolute Gasteiger partial charge is 0.278 e. The number of anilines is 1. The molecule has 0 unspecified atom stereocenters. The Morgan fingerprint density at radius 1 is 0.919 bits per heavy atom. The molecular formula is C28H25Cl2N3O4. The third-order valence-electron chi connectivity index (χ3n) is 5.68. The Hall–Kier alpha value is -3.81. The van der Waals surface area contributed by atoms with Crippen LogP contribution >= 0.6 is 23.2 Å². The van der Waals surface area contributed by atoms with Crippen LogP contribution in [0.4, 0.5) is 5.69 Å². The Labute approximate surface area is 225 Å². The number of nitrogens with one attached hydrogen (secondary N) is 2. The number of ether oxygens (including phenoxy) is 1. The number of hydrogen-bond donors (Lipinski definition) is 2. The summed E-state index contributed by atoms with van der Waals surface area (Å²) in [6, 6.07) is 21.2. The van der Waals surface area contributed by atoms with Gasteiger partial charge in [-0.3, -0.25) is 19.3 Å². The second-order valence-electron chi connectivity index (χ2n) is 8.33. The van der Waals surface area contributed by atoms with E-state index in [1.165, 1.54) is 0 Å². The van der Waals surface area contributed by atoms with Crippen molar-refractivity contribution in [1.82, 2.24) is 10.2 Å². The second-order valence-corrected chi connectivity index (χ2v) is 9.11. The van der Waals surface area contributed by atoms with E-state index in [0.29, 0.717) is 34.2 Å². The van der Waals surface area contributed by atoms with Crippen LogP contribution in [-0.2, 0) is 22.7 Å². The molecule has 3 aromatic rings. The van der Waals surface area contributed by atoms with Crippen molar-refractivity contribution in [2.75, 3.05) is 11.9 Å². The highest BCUT2D eigenvalue weighted by atomic mass is 35.5. The number of benzene rings is 3. The number of nitrogens with zero attached hydrogens (tertiary/aromatic N) is 1. The minimum atomic E-state index is -0.579. The summed E-state index contributed by atoms with van der Waals surface area (Å²) in [5.74, 6) is -0.758. The highest BCUT2D eigenvalue weighted by Crippen LogP contribution is 2.27. The predicted octanol–water partition coefficient (Wildman–Crippen LogP) is 5.49. The van der Waals surface area contributed by atoms with Crippen molar-refractivity contribution in [2.24, 2.45) is 0 Å². The molecule has 3 aromatic carbocycles. The largest absolute Gasteiger partial charge is 0.491 e. The Bertz CT molecular complexity index is 1360. The molecule has 190 valence electrons. The molecule has 2 N–H and O–H groups in total. The lowest BCUT2D eigenvalue weighted by molar-refractivity contribution is -0.138. The summed E-state index contributed by atoms with van der Waals surface area (Å²) in [6.45, 7) is 2.83. The van der Waals surface area contributed by atoms with E-state index in [-0.39, 0.29) is 29.7 Å². The zero-order chi connectivity index (χ0) is 26.4. The van der Waals surface area contributed by atoms with Crippen LogP contribution in [0.1, 0.15) is 34.8 Å². The summed E-state index contributed by atoms with van der Waals surface area (Å²) in [5.41, 5.74) is 2.53. The van der Waals surface area contributed by atoms with Crippen LogP contribution < -0.4 is 15.4 Å². The summed E-state index contributed by atoms with van der Waals surface area (Å²) in [6.07, 6.45) is 0.860. The predicted molar refractivity (Wildman–Crippen MR) is 143 cm³/mol. The maximum absolute atomic E-state index is 12.9. The molecule has 0 radical (unpaired) electrons. The molecule has 7 nitrogen and oxygen atoms in total. The third-order valence-corrected chi connectivity index (χ3v) is 6.40. The van der Waals surface area contributed by atoms with Gasteiger partial charge < -0.3 is 15.4 Å². The quantitative estimate of drug-likeness (QED) is 0.334. The summed E-state index contributed by atoms with van der Waals surface area (Å²) >= 11 is 12.4. The maximum atomic E-state index is 12.9. The van der Waals surface area contributed by atoms with Gasteiger partial charge in [0.1, 0.15) is 16.5 Å². The van der Waals surface area contributed by atoms with Crippen LogP contribution in [0.2, 0.25) is 5.02 Å². The average Bonchev–Trinajstić information content (AvgIpc) is 3.11. The van der Waals surface area contributed by atoms with Crippen LogP contribution in [0, 0.1) is 0 Å². The number of para-hydroxylation sites is 2. The number of rotatable bonds is 10. The molecule has 0 bridgehead atoms. The van der Waals surface area contributed by atoms with Gasteiger partial charge in [0.15, 0.2) is 0 Å². The lowest BCUT2D eigenvalue weighted by Crippen LogP contribution is -2.33. The van der Waals surface area contributed by atoms with Gasteiger partial charge in [-0.25, -0.2) is 0 Å². The van der Waals surface area contributed by atoms with Crippen molar-refractivity contribution in [3.63, 3.8) is 0 Å². The Morgan fingerprint density at radius 3 is 2.35 bits per heavy atom. The van der Waals surface area contributed by atoms with Gasteiger partial charge in [0, 0.05) is 17.1 Å². The normalized spacial score (nSPS) is 13.2. The minimum Gasteiger partial charge on any atom is -0.491 e. The highest BCUT2D eigenvalue weighted by Gasteiger charge is 2.37. The van der Waals surface area contributed by atoms with Crippen molar-refractivity contribution in [3.05, 3.63) is 105 Å². The summed E-state index contributed by atoms with van der Waals surface area (Å²) in [5, 5.41) is 6.13. The van der Waals surface area contributed by atoms with Gasteiger partial charge in [0.2, 0.25) is 0 Å². The van der Waals surface area contributed by atoms with Crippen LogP contribution in [-0.4, -0.2) is 29.2 Å². The molecule has 0 saturated heterocycles. The summed E-state index contributed by atoms with van der Waals surface area (Å²) in [4.78, 5) is 39.3. The molecule has 1 aliphatic rings. The molecule has 0 fully saturated rings. The van der Waals surface area contributed by atoms with Crippen molar-refractivity contribution < 1.29 is 19.1 Å². The fourth-order valence-electron chi connectivity index (χ4n) is 3.71. The zero-order valence-corrected chi connectivity index (χ0v) is 21.6. The molecule has 0 atom stereocenters. The van der Waals surface area contributed by atoms with E-state index < -0.39 is 11.8 Å². The van der Waals surface area contributed by atoms with E-state index in [1.807, 2.05) is 25.1 Å². The fraction of sp³-hybridized carbons (Fsp3) is 0.179. The van der Waals surface area contributed by atoms with Gasteiger partial charge in [-0.1, -0.05) is 72.6 Å². The highest BCUT2D eigenvalue weighted by molar-refractivity contribution is 6.47. The first kappa shape index (κ1) is 26.3. The Kier molecular flexibility index (Phi) is 8.48. The molecule has 0 saturated carbocycles. The monoisotopic (exact) mass is 537 g/mol. The molecule has 0 aliphatic carbocycles. The van der Waals surface area contributed by atoms with Crippen molar-refractivity contribution in [3.8, 4) is 5.75 Å². The average molecular weight is 538 g/mol. The lowest BCUT2D eigenvalue weighted by Gasteiger charge is -2.16. The van der Waals surface area contributed by atoms with Gasteiger partial charge in [-0.15, -0.1) is 0 Å². The van der Waals surface area contributed by atoms with E-state index in [4.69, 9.17) is 27.9 Å². The summed E-state index contributed by atoms with van der Waals surface area (Å²) in [7, 11) is 0. The molecule has 1 heterocycles. The van der Waals surface area contributed by atoms with E-state index in [9.17, 15) is 14.4 Å². The number of carbonyl (C=O) groups excluding carboxylic acids is 3. The Balaban J connectivity index is 1.37. The molecular weight excluding hydrogens is 513 g/mol. The number of hydrogen-bond acceptors (Lipinski definition) is 5. The second kappa shape index (κ2) is 12.0. The van der Waals surface area contributed by atoms with E-state index in [0.717, 1.165) is 16.9 Å². The minimum absolute atomic E-state index is 0.0230. The molecule has 0 aromatic heterocycles. The molecule has 37 heavy (non-hydrogen) atoms. The zero-order valence-electron chi connectivity index (χ0n) is 20.1. The SMILES string of the molecule is CCCOc1ccccc1NC(=O)c1ccc(CNC2=C(Cl)C(=O)N(Cc3ccccc3Cl)C2=O)cc1. The number of imide groups is 1. The number of carbonyl (C=O) groups is 3. The van der Waals surface area contributed by atoms with E-state index in [1.54, 1.807) is 54.6 Å². The van der Waals surface area contributed by atoms with Crippen molar-refractivity contribution in [1.29, 1.82) is 0 Å². The van der Waals surface area contributed by atoms with Crippen LogP contribution in [0.15, 0.2) is 83.5 Å². The van der Waals surface area contributed by atoms with Gasteiger partial charge in [0.05, 0.1) is 18.8 Å². The van der Waals surface area contributed by atoms with E-state index in [2.05, 4.69) is 10.6 Å². The molecule has 9 heteroatoms. The first-order valence-corrected chi connectivity index (χ1v) is 12.5. The lowest BCUT2D eigenvalue weighted by atomic mass is 10.1. The first-order valence-electron chi connectivity index (χ1n) is 11.7. The summed E-state index contributed by atoms with van der Waals surface area (Å²) < 4.78 is 5.69. The van der Waals surface area contributed by atoms with Gasteiger partial charge >= 0.3 is 0 Å². The maximum Gasteiger partial charge on any atom is 0.278 e. The van der Waals surface area contributed by atoms with Crippen molar-refractivity contribution >= 4 is 46.6 Å². The van der Waals surface area contributed by atoms with Gasteiger partial charge in [-0.2, -0.15) is 0 Å². The van der Waals surface area contributed by atoms with Crippen LogP contribution in [0.5, 0.6) is 5.75 Å². The van der Waals surface area contributed by atoms with Crippen LogP contribution in [0.3, 0.4) is 0 Å². The fourth-order valence-corrected chi connectivity index (χ4v) is 4.15. The van der Waals surface area contributed by atoms with Gasteiger partial charge in [-0.05, 0) is 47.9 Å². The van der Waals surface area contributed by atoms with Crippen molar-refractivity contribution in [2.45, 2.75) is 26.4 Å². The van der Waals surface area contributed by atoms with Crippen LogP contribution in [0.25, 0.3) is 0 Å². The number of amides is 3. The topological polar surface area (TPSA) is 87.7 Å². The van der Waals surface area contributed by atoms with E-state index >= 15 is 0 Å². The first-order chi connectivity index (χ1) is 17.9. The standard InChI is InChI=1S/C28H25Cl2N3O4/c1-2-15-37-23-10-6-5-9-22(23)32-26(34)19-13-11-18(12-14-19)16-31-25-24(30)27(35)33(28(25)36)17-20-7-3-4-8-21(20)29/h3-14,31H,2,15-17H2,1H3,(H,32,34). The molecule has 4 rings (SSSR count). The Morgan fingerprint density at radius 2 is 1.62 bits per heavy atom. The molecule has 3 amide bonds. The van der Waals surface area contributed by atoms with Gasteiger partial charge in [0.25, 0.3) is 17.7 Å². The molecule has 1 aliphatic heterocycles. The number of halogens is 2. The molecule has 0 spiro atoms.